The Kier molecular flexibility index (Phi) is 26.1. The zero-order chi connectivity index (χ0) is 66.4. The third kappa shape index (κ3) is 19.6. The number of nitrogens with one attached hydrogen (secondary N) is 3. The molecule has 90 heavy (non-hydrogen) atoms. The lowest BCUT2D eigenvalue weighted by Gasteiger charge is -2.51. The monoisotopic (exact) mass is 1280 g/mol. The van der Waals surface area contributed by atoms with E-state index in [1.54, 1.807) is 41.5 Å². The minimum Gasteiger partial charge on any atom is -0.458 e. The topological polar surface area (TPSA) is 223 Å². The number of ether oxygens (including phenoxy) is 9. The smallest absolute Gasteiger partial charge is 0.408 e. The molecule has 4 aromatic rings. The molecule has 0 bridgehead atoms. The fraction of sp³-hybridized carbons (Fsp3) is 0.580. The maximum atomic E-state index is 14.1. The molecule has 6 rings (SSSR count). The molecule has 496 valence electrons. The molecule has 0 aromatic heterocycles. The molecule has 0 aliphatic carbocycles. The molecule has 2 fully saturated rings. The third-order valence-electron chi connectivity index (χ3n) is 16.1. The number of carbonyl (C=O) groups is 5. The maximum absolute atomic E-state index is 14.1. The summed E-state index contributed by atoms with van der Waals surface area (Å²) in [6.07, 6.45) is -11.1. The van der Waals surface area contributed by atoms with Gasteiger partial charge in [-0.15, -0.1) is 0 Å². The molecule has 2 aliphatic rings. The van der Waals surface area contributed by atoms with Gasteiger partial charge < -0.3 is 67.4 Å². The van der Waals surface area contributed by atoms with Crippen LogP contribution in [0.2, 0.25) is 21.7 Å². The van der Waals surface area contributed by atoms with E-state index in [0.717, 1.165) is 21.5 Å². The Bertz CT molecular complexity index is 2840. The predicted molar refractivity (Wildman–Crippen MR) is 349 cm³/mol. The van der Waals surface area contributed by atoms with Crippen LogP contribution in [-0.4, -0.2) is 145 Å². The lowest BCUT2D eigenvalue weighted by Crippen LogP contribution is -2.72. The highest BCUT2D eigenvalue weighted by molar-refractivity contribution is 6.99. The van der Waals surface area contributed by atoms with Crippen LogP contribution >= 0.6 is 0 Å². The van der Waals surface area contributed by atoms with Crippen molar-refractivity contribution in [2.24, 2.45) is 0 Å². The van der Waals surface area contributed by atoms with Crippen molar-refractivity contribution in [2.45, 2.75) is 238 Å². The molecule has 2 heterocycles. The molecule has 0 unspecified atom stereocenters. The Morgan fingerprint density at radius 3 is 1.37 bits per heavy atom. The van der Waals surface area contributed by atoms with Crippen molar-refractivity contribution in [1.29, 1.82) is 0 Å². The van der Waals surface area contributed by atoms with Gasteiger partial charge in [-0.1, -0.05) is 184 Å². The first kappa shape index (κ1) is 73.2. The second-order valence-corrected chi connectivity index (χ2v) is 37.2. The molecular formula is C69H101N3O16Si2. The van der Waals surface area contributed by atoms with E-state index in [4.69, 9.17) is 51.5 Å². The minimum atomic E-state index is -3.34. The number of amides is 3. The van der Waals surface area contributed by atoms with Crippen LogP contribution < -0.4 is 26.3 Å². The van der Waals surface area contributed by atoms with Crippen molar-refractivity contribution >= 4 is 56.9 Å². The summed E-state index contributed by atoms with van der Waals surface area (Å²) in [5.41, 5.74) is 0.0647. The highest BCUT2D eigenvalue weighted by Gasteiger charge is 2.58. The lowest BCUT2D eigenvalue weighted by molar-refractivity contribution is -0.335. The first-order valence-electron chi connectivity index (χ1n) is 31.5. The van der Waals surface area contributed by atoms with Crippen LogP contribution in [0.5, 0.6) is 0 Å². The van der Waals surface area contributed by atoms with Crippen molar-refractivity contribution in [3.8, 4) is 0 Å². The predicted octanol–water partition coefficient (Wildman–Crippen LogP) is 9.95. The average molecular weight is 1280 g/mol. The number of hydrogen-bond acceptors (Lipinski definition) is 16. The zero-order valence-electron chi connectivity index (χ0n) is 56.2. The number of rotatable bonds is 27. The molecule has 4 aromatic carbocycles. The van der Waals surface area contributed by atoms with Gasteiger partial charge in [0.15, 0.2) is 33.0 Å². The number of esters is 2. The number of benzene rings is 4. The van der Waals surface area contributed by atoms with Crippen LogP contribution in [0.25, 0.3) is 0 Å². The minimum absolute atomic E-state index is 0.0579. The zero-order valence-corrected chi connectivity index (χ0v) is 58.2. The van der Waals surface area contributed by atoms with Crippen molar-refractivity contribution in [1.82, 2.24) is 16.0 Å². The van der Waals surface area contributed by atoms with Gasteiger partial charge in [0.2, 0.25) is 11.8 Å². The summed E-state index contributed by atoms with van der Waals surface area (Å²) < 4.78 is 75.3. The molecule has 21 heteroatoms. The van der Waals surface area contributed by atoms with E-state index < -0.39 is 137 Å². The van der Waals surface area contributed by atoms with Gasteiger partial charge in [0, 0.05) is 20.8 Å². The molecule has 3 N–H and O–H groups in total. The van der Waals surface area contributed by atoms with Crippen molar-refractivity contribution in [2.75, 3.05) is 19.8 Å². The molecule has 0 saturated carbocycles. The summed E-state index contributed by atoms with van der Waals surface area (Å²) in [5, 5.41) is 10.3. The Labute approximate surface area is 536 Å². The summed E-state index contributed by atoms with van der Waals surface area (Å²) in [6, 6.07) is 35.6. The van der Waals surface area contributed by atoms with E-state index in [9.17, 15) is 24.0 Å². The van der Waals surface area contributed by atoms with Gasteiger partial charge in [0.05, 0.1) is 33.0 Å². The average Bonchev–Trinajstić information content (AvgIpc) is 0.758. The van der Waals surface area contributed by atoms with Gasteiger partial charge >= 0.3 is 18.0 Å². The van der Waals surface area contributed by atoms with Crippen molar-refractivity contribution in [3.63, 3.8) is 0 Å². The summed E-state index contributed by atoms with van der Waals surface area (Å²) in [4.78, 5) is 69.2. The summed E-state index contributed by atoms with van der Waals surface area (Å²) in [5.74, 6) is -2.60. The first-order valence-corrected chi connectivity index (χ1v) is 35.5. The first-order chi connectivity index (χ1) is 42.3. The molecule has 0 radical (unpaired) electrons. The fourth-order valence-corrected chi connectivity index (χ4v) is 22.6. The molecular weight excluding hydrogens is 1180 g/mol. The Morgan fingerprint density at radius 2 is 0.933 bits per heavy atom. The van der Waals surface area contributed by atoms with E-state index >= 15 is 0 Å². The summed E-state index contributed by atoms with van der Waals surface area (Å²) in [6.45, 7) is 32.7. The van der Waals surface area contributed by atoms with Gasteiger partial charge in [-0.2, -0.15) is 0 Å². The highest BCUT2D eigenvalue weighted by atomic mass is 28.4. The number of hydrogen-bond donors (Lipinski definition) is 3. The molecule has 19 nitrogen and oxygen atoms in total. The maximum Gasteiger partial charge on any atom is 0.408 e. The Hall–Kier alpha value is -5.86. The molecule has 0 spiro atoms. The normalized spacial score (nSPS) is 23.0. The molecule has 3 amide bonds. The van der Waals surface area contributed by atoms with E-state index in [1.807, 2.05) is 97.1 Å². The van der Waals surface area contributed by atoms with Crippen molar-refractivity contribution < 1.29 is 75.5 Å². The van der Waals surface area contributed by atoms with E-state index in [0.29, 0.717) is 0 Å². The molecule has 11 atom stereocenters. The van der Waals surface area contributed by atoms with Gasteiger partial charge in [-0.3, -0.25) is 14.4 Å². The van der Waals surface area contributed by atoms with Crippen LogP contribution in [0.15, 0.2) is 121 Å². The molecule has 2 saturated heterocycles. The Morgan fingerprint density at radius 1 is 0.511 bits per heavy atom. The van der Waals surface area contributed by atoms with Gasteiger partial charge in [0.25, 0.3) is 8.32 Å². The van der Waals surface area contributed by atoms with Crippen molar-refractivity contribution in [3.05, 3.63) is 132 Å². The van der Waals surface area contributed by atoms with E-state index in [1.165, 1.54) is 20.8 Å². The van der Waals surface area contributed by atoms with Crippen LogP contribution in [-0.2, 0) is 83.9 Å². The van der Waals surface area contributed by atoms with E-state index in [-0.39, 0.29) is 43.1 Å². The largest absolute Gasteiger partial charge is 0.458 e. The number of carbonyl (C=O) groups excluding carboxylic acids is 5. The quantitative estimate of drug-likeness (QED) is 0.0287. The lowest BCUT2D eigenvalue weighted by atomic mass is 9.93. The third-order valence-corrected chi connectivity index (χ3v) is 27.2. The number of alkyl carbamates (subject to hydrolysis) is 1. The van der Waals surface area contributed by atoms with Gasteiger partial charge in [0.1, 0.15) is 53.8 Å². The summed E-state index contributed by atoms with van der Waals surface area (Å²) in [7, 11) is -6.09. The summed E-state index contributed by atoms with van der Waals surface area (Å²) >= 11 is 0. The standard InChI is InChI=1S/C69H101N3O16Si2/c1-44(2)89(45(3)4,46(5)6)81-42-56-60(83-49(9)75)62(58(71-48(8)74)64(84-56)80-41-54(63(76)87-67(10,11)12)72-66(77)88-68(13,14)15)86-65-57(70-47(7)73)61(79-40-51-33-25-20-26-34-51)59(78-39-50-31-23-19-24-32-50)55(85-65)43-82-90(69(16,17)18,52-35-27-21-28-36-52)53-37-29-22-30-38-53/h19-38,44-46,54-62,64-65H,39-43H2,1-18H3,(H,70,73)(H,71,74)(H,72,77)/t54-,55+,56+,57+,58+,59-,60-,61+,62+,64-,65+/m0/s1. The van der Waals surface area contributed by atoms with Crippen LogP contribution in [0.4, 0.5) is 4.79 Å². The molecule has 2 aliphatic heterocycles. The van der Waals surface area contributed by atoms with Gasteiger partial charge in [-0.25, -0.2) is 9.59 Å². The van der Waals surface area contributed by atoms with Crippen LogP contribution in [0.1, 0.15) is 136 Å². The SMILES string of the molecule is CC(=O)N[C@H]1[C@@H](O[C@@H]2[C@@H](NC(C)=O)[C@@H](OC[C@H](NC(=O)OC(C)(C)C)C(=O)OC(C)(C)C)O[C@H](CO[Si](C(C)C)(C(C)C)C(C)C)[C@@H]2OC(C)=O)O[C@H](CO[Si](c2ccccc2)(c2ccccc2)C(C)(C)C)[C@H](OCc2ccccc2)[C@@H]1OCc1ccccc1. The van der Waals surface area contributed by atoms with Crippen LogP contribution in [0, 0.1) is 0 Å². The van der Waals surface area contributed by atoms with Gasteiger partial charge in [-0.05, 0) is 84.7 Å². The second kappa shape index (κ2) is 32.1. The highest BCUT2D eigenvalue weighted by Crippen LogP contribution is 2.44. The second-order valence-electron chi connectivity index (χ2n) is 27.4. The van der Waals surface area contributed by atoms with E-state index in [2.05, 4.69) is 103 Å². The Balaban J connectivity index is 1.58. The van der Waals surface area contributed by atoms with Crippen LogP contribution in [0.3, 0.4) is 0 Å². The fourth-order valence-electron chi connectivity index (χ4n) is 12.6.